The van der Waals surface area contributed by atoms with Crippen molar-refractivity contribution in [2.24, 2.45) is 11.7 Å². The van der Waals surface area contributed by atoms with E-state index in [9.17, 15) is 9.59 Å². The molecule has 1 aromatic carbocycles. The van der Waals surface area contributed by atoms with Crippen LogP contribution in [-0.2, 0) is 9.59 Å². The van der Waals surface area contributed by atoms with Crippen molar-refractivity contribution in [1.29, 1.82) is 0 Å². The Hall–Kier alpha value is -1.64. The van der Waals surface area contributed by atoms with E-state index in [1.54, 1.807) is 0 Å². The SMILES string of the molecule is CC(=O)C(CC(N)=O)c1ccccc1.CC1CC1. The Bertz CT molecular complexity index is 396. The molecule has 0 spiro atoms. The molecule has 0 heterocycles. The zero-order valence-corrected chi connectivity index (χ0v) is 11.1. The van der Waals surface area contributed by atoms with Gasteiger partial charge in [-0.25, -0.2) is 0 Å². The fourth-order valence-electron chi connectivity index (χ4n) is 1.55. The molecule has 0 radical (unpaired) electrons. The van der Waals surface area contributed by atoms with Crippen molar-refractivity contribution in [2.45, 2.75) is 39.0 Å². The Labute approximate surface area is 108 Å². The number of hydrogen-bond acceptors (Lipinski definition) is 2. The third-order valence-corrected chi connectivity index (χ3v) is 2.96. The molecule has 18 heavy (non-hydrogen) atoms. The van der Waals surface area contributed by atoms with Crippen LogP contribution in [0.3, 0.4) is 0 Å². The molecule has 1 aliphatic rings. The van der Waals surface area contributed by atoms with Gasteiger partial charge < -0.3 is 5.73 Å². The van der Waals surface area contributed by atoms with Crippen LogP contribution >= 0.6 is 0 Å². The van der Waals surface area contributed by atoms with Gasteiger partial charge >= 0.3 is 0 Å². The van der Waals surface area contributed by atoms with Crippen molar-refractivity contribution in [1.82, 2.24) is 0 Å². The van der Waals surface area contributed by atoms with Crippen LogP contribution in [0.4, 0.5) is 0 Å². The highest BCUT2D eigenvalue weighted by molar-refractivity contribution is 5.88. The van der Waals surface area contributed by atoms with Crippen LogP contribution < -0.4 is 5.73 Å². The summed E-state index contributed by atoms with van der Waals surface area (Å²) in [4.78, 5) is 22.0. The molecule has 2 N–H and O–H groups in total. The van der Waals surface area contributed by atoms with Crippen molar-refractivity contribution in [3.63, 3.8) is 0 Å². The first kappa shape index (κ1) is 14.4. The van der Waals surface area contributed by atoms with Gasteiger partial charge in [0.05, 0.1) is 5.92 Å². The number of rotatable bonds is 4. The summed E-state index contributed by atoms with van der Waals surface area (Å²) in [5, 5.41) is 0. The third kappa shape index (κ3) is 5.62. The minimum Gasteiger partial charge on any atom is -0.370 e. The monoisotopic (exact) mass is 247 g/mol. The second-order valence-electron chi connectivity index (χ2n) is 4.93. The van der Waals surface area contributed by atoms with Crippen LogP contribution in [0.25, 0.3) is 0 Å². The smallest absolute Gasteiger partial charge is 0.218 e. The molecule has 0 aromatic heterocycles. The summed E-state index contributed by atoms with van der Waals surface area (Å²) < 4.78 is 0. The highest BCUT2D eigenvalue weighted by Gasteiger charge is 2.18. The molecular formula is C15H21NO2. The summed E-state index contributed by atoms with van der Waals surface area (Å²) in [5.41, 5.74) is 5.92. The summed E-state index contributed by atoms with van der Waals surface area (Å²) in [6.07, 6.45) is 3.05. The largest absolute Gasteiger partial charge is 0.370 e. The second kappa shape index (κ2) is 6.94. The number of primary amides is 1. The topological polar surface area (TPSA) is 60.2 Å². The van der Waals surface area contributed by atoms with Crippen LogP contribution in [-0.4, -0.2) is 11.7 Å². The van der Waals surface area contributed by atoms with Crippen molar-refractivity contribution < 1.29 is 9.59 Å². The highest BCUT2D eigenvalue weighted by Crippen LogP contribution is 2.26. The minimum atomic E-state index is -0.450. The number of nitrogens with two attached hydrogens (primary N) is 1. The fourth-order valence-corrected chi connectivity index (χ4v) is 1.55. The van der Waals surface area contributed by atoms with Gasteiger partial charge in [-0.3, -0.25) is 9.59 Å². The van der Waals surface area contributed by atoms with Crippen LogP contribution in [0.1, 0.15) is 44.6 Å². The van der Waals surface area contributed by atoms with Crippen LogP contribution in [0, 0.1) is 5.92 Å². The van der Waals surface area contributed by atoms with Crippen molar-refractivity contribution in [3.05, 3.63) is 35.9 Å². The van der Waals surface area contributed by atoms with Gasteiger partial charge in [-0.2, -0.15) is 0 Å². The van der Waals surface area contributed by atoms with Crippen LogP contribution in [0.5, 0.6) is 0 Å². The van der Waals surface area contributed by atoms with E-state index >= 15 is 0 Å². The van der Waals surface area contributed by atoms with Crippen molar-refractivity contribution in [2.75, 3.05) is 0 Å². The molecule has 1 saturated carbocycles. The highest BCUT2D eigenvalue weighted by atomic mass is 16.1. The average Bonchev–Trinajstić information content (AvgIpc) is 3.10. The molecule has 3 nitrogen and oxygen atoms in total. The van der Waals surface area contributed by atoms with Crippen molar-refractivity contribution >= 4 is 11.7 Å². The van der Waals surface area contributed by atoms with Gasteiger partial charge in [0.2, 0.25) is 5.91 Å². The maximum absolute atomic E-state index is 11.3. The predicted molar refractivity (Wildman–Crippen MR) is 72.1 cm³/mol. The number of benzene rings is 1. The average molecular weight is 247 g/mol. The van der Waals surface area contributed by atoms with Gasteiger partial charge in [-0.15, -0.1) is 0 Å². The normalized spacial score (nSPS) is 15.2. The quantitative estimate of drug-likeness (QED) is 0.889. The molecule has 0 aliphatic heterocycles. The summed E-state index contributed by atoms with van der Waals surface area (Å²) in [6.45, 7) is 3.75. The van der Waals surface area contributed by atoms with E-state index in [2.05, 4.69) is 6.92 Å². The van der Waals surface area contributed by atoms with Gasteiger partial charge in [-0.1, -0.05) is 50.1 Å². The van der Waals surface area contributed by atoms with Gasteiger partial charge in [0, 0.05) is 6.42 Å². The Morgan fingerprint density at radius 1 is 1.28 bits per heavy atom. The first-order valence-electron chi connectivity index (χ1n) is 6.34. The molecule has 1 aliphatic carbocycles. The maximum atomic E-state index is 11.3. The number of ketones is 1. The lowest BCUT2D eigenvalue weighted by molar-refractivity contribution is -0.124. The van der Waals surface area contributed by atoms with Crippen LogP contribution in [0.2, 0.25) is 0 Å². The van der Waals surface area contributed by atoms with E-state index in [-0.39, 0.29) is 12.2 Å². The van der Waals surface area contributed by atoms with E-state index in [0.29, 0.717) is 0 Å². The molecule has 1 unspecified atom stereocenters. The summed E-state index contributed by atoms with van der Waals surface area (Å²) in [5.74, 6) is 0.206. The molecule has 1 amide bonds. The minimum absolute atomic E-state index is 0.0324. The van der Waals surface area contributed by atoms with E-state index in [4.69, 9.17) is 5.73 Å². The molecule has 3 heteroatoms. The predicted octanol–water partition coefficient (Wildman–Crippen LogP) is 2.65. The lowest BCUT2D eigenvalue weighted by Gasteiger charge is -2.11. The van der Waals surface area contributed by atoms with Crippen molar-refractivity contribution in [3.8, 4) is 0 Å². The van der Waals surface area contributed by atoms with Gasteiger partial charge in [-0.05, 0) is 18.4 Å². The fraction of sp³-hybridized carbons (Fsp3) is 0.467. The number of hydrogen-bond donors (Lipinski definition) is 1. The number of carbonyl (C=O) groups is 2. The molecular weight excluding hydrogens is 226 g/mol. The Morgan fingerprint density at radius 3 is 2.11 bits per heavy atom. The van der Waals surface area contributed by atoms with Gasteiger partial charge in [0.15, 0.2) is 0 Å². The molecule has 0 saturated heterocycles. The number of amides is 1. The first-order valence-corrected chi connectivity index (χ1v) is 6.34. The zero-order valence-electron chi connectivity index (χ0n) is 11.1. The summed E-state index contributed by atoms with van der Waals surface area (Å²) in [7, 11) is 0. The standard InChI is InChI=1S/C11H13NO2.C4H8/c1-8(13)10(7-11(12)14)9-5-3-2-4-6-9;1-4-2-3-4/h2-6,10H,7H2,1H3,(H2,12,14);4H,2-3H2,1H3. The maximum Gasteiger partial charge on any atom is 0.218 e. The van der Waals surface area contributed by atoms with E-state index in [0.717, 1.165) is 11.5 Å². The Kier molecular flexibility index (Phi) is 5.56. The molecule has 1 fully saturated rings. The third-order valence-electron chi connectivity index (χ3n) is 2.96. The van der Waals surface area contributed by atoms with Crippen LogP contribution in [0.15, 0.2) is 30.3 Å². The molecule has 1 atom stereocenters. The molecule has 2 rings (SSSR count). The number of carbonyl (C=O) groups excluding carboxylic acids is 2. The molecule has 0 bridgehead atoms. The zero-order chi connectivity index (χ0) is 13.5. The summed E-state index contributed by atoms with van der Waals surface area (Å²) >= 11 is 0. The number of Topliss-reactive ketones (excluding diaryl/α,β-unsaturated/α-hetero) is 1. The molecule has 98 valence electrons. The van der Waals surface area contributed by atoms with E-state index < -0.39 is 11.8 Å². The van der Waals surface area contributed by atoms with Gasteiger partial charge in [0.25, 0.3) is 0 Å². The van der Waals surface area contributed by atoms with E-state index in [1.165, 1.54) is 19.8 Å². The summed E-state index contributed by atoms with van der Waals surface area (Å²) in [6, 6.07) is 9.20. The molecule has 1 aromatic rings. The lowest BCUT2D eigenvalue weighted by Crippen LogP contribution is -2.19. The Balaban J connectivity index is 0.000000341. The first-order chi connectivity index (χ1) is 8.50. The second-order valence-corrected chi connectivity index (χ2v) is 4.93. The Morgan fingerprint density at radius 2 is 1.78 bits per heavy atom. The lowest BCUT2D eigenvalue weighted by atomic mass is 9.92. The van der Waals surface area contributed by atoms with Gasteiger partial charge in [0.1, 0.15) is 5.78 Å². The van der Waals surface area contributed by atoms with E-state index in [1.807, 2.05) is 30.3 Å².